The van der Waals surface area contributed by atoms with Gasteiger partial charge in [-0.25, -0.2) is 4.98 Å². The summed E-state index contributed by atoms with van der Waals surface area (Å²) in [7, 11) is 2.11. The second-order valence-electron chi connectivity index (χ2n) is 6.26. The molecule has 3 rings (SSSR count). The molecule has 2 aromatic rings. The molecule has 1 amide bonds. The molecule has 1 aromatic carbocycles. The number of rotatable bonds is 5. The van der Waals surface area contributed by atoms with Gasteiger partial charge in [0.05, 0.1) is 11.0 Å². The zero-order chi connectivity index (χ0) is 16.9. The Balaban J connectivity index is 1.50. The largest absolute Gasteiger partial charge is 0.368 e. The van der Waals surface area contributed by atoms with Crippen molar-refractivity contribution in [2.45, 2.75) is 25.9 Å². The molecule has 0 saturated carbocycles. The van der Waals surface area contributed by atoms with Gasteiger partial charge in [0, 0.05) is 19.3 Å². The predicted molar refractivity (Wildman–Crippen MR) is 97.4 cm³/mol. The highest BCUT2D eigenvalue weighted by Gasteiger charge is 2.18. The van der Waals surface area contributed by atoms with Gasteiger partial charge >= 0.3 is 0 Å². The summed E-state index contributed by atoms with van der Waals surface area (Å²) in [6.45, 7) is 4.21. The quantitative estimate of drug-likeness (QED) is 0.904. The molecule has 0 unspecified atom stereocenters. The lowest BCUT2D eigenvalue weighted by atomic mass is 10.1. The van der Waals surface area contributed by atoms with E-state index in [1.165, 1.54) is 16.9 Å². The molecule has 24 heavy (non-hydrogen) atoms. The second kappa shape index (κ2) is 7.88. The standard InChI is InChI=1S/C18H23N3O2S/c1-13-4-3-5-14(10-13)16-11-19-18(24-16)20-17(22)12-23-15-6-8-21(2)9-7-15/h3-5,10-11,15H,6-9,12H2,1-2H3,(H,19,20,22). The van der Waals surface area contributed by atoms with Crippen molar-refractivity contribution in [2.24, 2.45) is 0 Å². The third kappa shape index (κ3) is 4.63. The van der Waals surface area contributed by atoms with E-state index in [0.717, 1.165) is 36.4 Å². The predicted octanol–water partition coefficient (Wildman–Crippen LogP) is 3.17. The van der Waals surface area contributed by atoms with E-state index in [1.54, 1.807) is 6.20 Å². The van der Waals surface area contributed by atoms with Gasteiger partial charge in [0.2, 0.25) is 0 Å². The van der Waals surface area contributed by atoms with Crippen LogP contribution in [-0.4, -0.2) is 48.6 Å². The monoisotopic (exact) mass is 345 g/mol. The van der Waals surface area contributed by atoms with Crippen molar-refractivity contribution in [2.75, 3.05) is 32.1 Å². The summed E-state index contributed by atoms with van der Waals surface area (Å²) in [5, 5.41) is 3.44. The minimum Gasteiger partial charge on any atom is -0.368 e. The van der Waals surface area contributed by atoms with E-state index in [9.17, 15) is 4.79 Å². The smallest absolute Gasteiger partial charge is 0.252 e. The normalized spacial score (nSPS) is 16.2. The summed E-state index contributed by atoms with van der Waals surface area (Å²) < 4.78 is 5.71. The molecule has 2 heterocycles. The molecule has 1 aliphatic rings. The number of nitrogens with one attached hydrogen (secondary N) is 1. The molecule has 0 aliphatic carbocycles. The number of likely N-dealkylation sites (tertiary alicyclic amines) is 1. The Labute approximate surface area is 146 Å². The number of benzene rings is 1. The number of amides is 1. The first-order valence-corrected chi connectivity index (χ1v) is 9.04. The molecular weight excluding hydrogens is 322 g/mol. The average molecular weight is 345 g/mol. The van der Waals surface area contributed by atoms with Crippen LogP contribution in [0.1, 0.15) is 18.4 Å². The molecule has 1 fully saturated rings. The minimum atomic E-state index is -0.140. The molecule has 6 heteroatoms. The van der Waals surface area contributed by atoms with Crippen molar-refractivity contribution in [1.82, 2.24) is 9.88 Å². The third-order valence-corrected chi connectivity index (χ3v) is 5.13. The number of thiazole rings is 1. The van der Waals surface area contributed by atoms with E-state index >= 15 is 0 Å². The topological polar surface area (TPSA) is 54.5 Å². The van der Waals surface area contributed by atoms with E-state index in [2.05, 4.69) is 47.4 Å². The van der Waals surface area contributed by atoms with Crippen LogP contribution >= 0.6 is 11.3 Å². The van der Waals surface area contributed by atoms with Crippen LogP contribution in [0.4, 0.5) is 5.13 Å². The van der Waals surface area contributed by atoms with Crippen LogP contribution in [0.25, 0.3) is 10.4 Å². The Morgan fingerprint density at radius 3 is 2.96 bits per heavy atom. The molecule has 128 valence electrons. The Bertz CT molecular complexity index is 693. The van der Waals surface area contributed by atoms with Crippen molar-refractivity contribution in [3.05, 3.63) is 36.0 Å². The molecule has 0 radical (unpaired) electrons. The van der Waals surface area contributed by atoms with E-state index in [0.29, 0.717) is 5.13 Å². The molecule has 1 aliphatic heterocycles. The molecule has 0 bridgehead atoms. The number of ether oxygens (including phenoxy) is 1. The van der Waals surface area contributed by atoms with Crippen LogP contribution in [-0.2, 0) is 9.53 Å². The highest BCUT2D eigenvalue weighted by atomic mass is 32.1. The first kappa shape index (κ1) is 17.1. The number of hydrogen-bond acceptors (Lipinski definition) is 5. The highest BCUT2D eigenvalue weighted by molar-refractivity contribution is 7.19. The van der Waals surface area contributed by atoms with E-state index < -0.39 is 0 Å². The number of anilines is 1. The Hall–Kier alpha value is -1.76. The fraction of sp³-hybridized carbons (Fsp3) is 0.444. The number of piperidine rings is 1. The number of hydrogen-bond donors (Lipinski definition) is 1. The number of aromatic nitrogens is 1. The van der Waals surface area contributed by atoms with Gasteiger partial charge < -0.3 is 9.64 Å². The third-order valence-electron chi connectivity index (χ3n) is 4.17. The summed E-state index contributed by atoms with van der Waals surface area (Å²) >= 11 is 1.48. The SMILES string of the molecule is Cc1cccc(-c2cnc(NC(=O)COC3CCN(C)CC3)s2)c1. The molecule has 0 spiro atoms. The van der Waals surface area contributed by atoms with Gasteiger partial charge in [-0.05, 0) is 32.4 Å². The van der Waals surface area contributed by atoms with Crippen molar-refractivity contribution in [1.29, 1.82) is 0 Å². The molecule has 1 aromatic heterocycles. The van der Waals surface area contributed by atoms with Crippen molar-refractivity contribution >= 4 is 22.4 Å². The summed E-state index contributed by atoms with van der Waals surface area (Å²) in [6.07, 6.45) is 3.95. The summed E-state index contributed by atoms with van der Waals surface area (Å²) in [5.41, 5.74) is 2.33. The van der Waals surface area contributed by atoms with Gasteiger partial charge in [-0.15, -0.1) is 0 Å². The van der Waals surface area contributed by atoms with Crippen LogP contribution in [0.2, 0.25) is 0 Å². The molecule has 1 saturated heterocycles. The van der Waals surface area contributed by atoms with Crippen molar-refractivity contribution in [3.63, 3.8) is 0 Å². The first-order chi connectivity index (χ1) is 11.6. The lowest BCUT2D eigenvalue weighted by Crippen LogP contribution is -2.35. The molecule has 1 N–H and O–H groups in total. The number of carbonyl (C=O) groups is 1. The van der Waals surface area contributed by atoms with Gasteiger partial charge in [0.25, 0.3) is 5.91 Å². The van der Waals surface area contributed by atoms with E-state index in [4.69, 9.17) is 4.74 Å². The Morgan fingerprint density at radius 2 is 2.21 bits per heavy atom. The van der Waals surface area contributed by atoms with Crippen LogP contribution in [0.5, 0.6) is 0 Å². The van der Waals surface area contributed by atoms with E-state index in [1.807, 2.05) is 6.07 Å². The minimum absolute atomic E-state index is 0.0910. The van der Waals surface area contributed by atoms with Crippen LogP contribution < -0.4 is 5.32 Å². The number of nitrogens with zero attached hydrogens (tertiary/aromatic N) is 2. The lowest BCUT2D eigenvalue weighted by Gasteiger charge is -2.28. The highest BCUT2D eigenvalue weighted by Crippen LogP contribution is 2.29. The van der Waals surface area contributed by atoms with Gasteiger partial charge in [-0.1, -0.05) is 41.2 Å². The Morgan fingerprint density at radius 1 is 1.42 bits per heavy atom. The molecule has 0 atom stereocenters. The fourth-order valence-electron chi connectivity index (χ4n) is 2.76. The average Bonchev–Trinajstić information content (AvgIpc) is 3.03. The second-order valence-corrected chi connectivity index (χ2v) is 7.29. The van der Waals surface area contributed by atoms with Crippen molar-refractivity contribution in [3.8, 4) is 10.4 Å². The number of carbonyl (C=O) groups excluding carboxylic acids is 1. The maximum absolute atomic E-state index is 12.0. The van der Waals surface area contributed by atoms with Gasteiger partial charge in [-0.3, -0.25) is 10.1 Å². The summed E-state index contributed by atoms with van der Waals surface area (Å²) in [6, 6.07) is 8.25. The number of aryl methyl sites for hydroxylation is 1. The molecular formula is C18H23N3O2S. The zero-order valence-electron chi connectivity index (χ0n) is 14.1. The van der Waals surface area contributed by atoms with Crippen molar-refractivity contribution < 1.29 is 9.53 Å². The van der Waals surface area contributed by atoms with E-state index in [-0.39, 0.29) is 18.6 Å². The fourth-order valence-corrected chi connectivity index (χ4v) is 3.59. The first-order valence-electron chi connectivity index (χ1n) is 8.23. The Kier molecular flexibility index (Phi) is 5.60. The van der Waals surface area contributed by atoms with Crippen LogP contribution in [0.15, 0.2) is 30.5 Å². The van der Waals surface area contributed by atoms with Crippen LogP contribution in [0.3, 0.4) is 0 Å². The van der Waals surface area contributed by atoms with Gasteiger partial charge in [-0.2, -0.15) is 0 Å². The maximum Gasteiger partial charge on any atom is 0.252 e. The zero-order valence-corrected chi connectivity index (χ0v) is 14.9. The van der Waals surface area contributed by atoms with Gasteiger partial charge in [0.15, 0.2) is 5.13 Å². The molecule has 5 nitrogen and oxygen atoms in total. The summed E-state index contributed by atoms with van der Waals surface area (Å²) in [5.74, 6) is -0.140. The maximum atomic E-state index is 12.0. The van der Waals surface area contributed by atoms with Crippen LogP contribution in [0, 0.1) is 6.92 Å². The summed E-state index contributed by atoms with van der Waals surface area (Å²) in [4.78, 5) is 19.7. The van der Waals surface area contributed by atoms with Gasteiger partial charge in [0.1, 0.15) is 6.61 Å². The lowest BCUT2D eigenvalue weighted by molar-refractivity contribution is -0.123.